The van der Waals surface area contributed by atoms with Gasteiger partial charge in [0.25, 0.3) is 0 Å². The van der Waals surface area contributed by atoms with Crippen LogP contribution in [0.3, 0.4) is 0 Å². The molecule has 0 atom stereocenters. The largest absolute Gasteiger partial charge is 0.265 e. The van der Waals surface area contributed by atoms with E-state index < -0.39 is 0 Å². The third-order valence-electron chi connectivity index (χ3n) is 1.29. The average Bonchev–Trinajstić information content (AvgIpc) is 1.91. The standard InChI is InChI=1S/C8H11N.ClH/c1-2-3-8-4-6-9-7-5-8;/h4-7H,2-3H2,1H3;1H. The zero-order chi connectivity index (χ0) is 6.53. The summed E-state index contributed by atoms with van der Waals surface area (Å²) in [7, 11) is 0. The third kappa shape index (κ3) is 2.83. The number of nitrogens with zero attached hydrogens (tertiary/aromatic N) is 1. The quantitative estimate of drug-likeness (QED) is 0.643. The molecule has 0 amide bonds. The van der Waals surface area contributed by atoms with E-state index in [9.17, 15) is 0 Å². The smallest absolute Gasteiger partial charge is 0.0270 e. The van der Waals surface area contributed by atoms with Gasteiger partial charge in [-0.3, -0.25) is 4.98 Å². The first-order chi connectivity index (χ1) is 4.43. The van der Waals surface area contributed by atoms with Gasteiger partial charge in [-0.05, 0) is 24.1 Å². The van der Waals surface area contributed by atoms with Gasteiger partial charge in [0.1, 0.15) is 0 Å². The monoisotopic (exact) mass is 157 g/mol. The lowest BCUT2D eigenvalue weighted by Crippen LogP contribution is -1.80. The first kappa shape index (κ1) is 9.44. The zero-order valence-corrected chi connectivity index (χ0v) is 6.90. The van der Waals surface area contributed by atoms with E-state index in [4.69, 9.17) is 0 Å². The van der Waals surface area contributed by atoms with Gasteiger partial charge in [0.15, 0.2) is 0 Å². The van der Waals surface area contributed by atoms with Crippen molar-refractivity contribution in [1.29, 1.82) is 0 Å². The van der Waals surface area contributed by atoms with Crippen molar-refractivity contribution in [1.82, 2.24) is 4.98 Å². The van der Waals surface area contributed by atoms with E-state index in [0.29, 0.717) is 0 Å². The Labute approximate surface area is 67.9 Å². The van der Waals surface area contributed by atoms with Crippen LogP contribution in [0.4, 0.5) is 0 Å². The molecule has 0 bridgehead atoms. The molecule has 1 rings (SSSR count). The van der Waals surface area contributed by atoms with Gasteiger partial charge in [-0.1, -0.05) is 13.3 Å². The zero-order valence-electron chi connectivity index (χ0n) is 6.08. The van der Waals surface area contributed by atoms with Gasteiger partial charge in [0.05, 0.1) is 0 Å². The van der Waals surface area contributed by atoms with Crippen LogP contribution in [0.2, 0.25) is 0 Å². The van der Waals surface area contributed by atoms with E-state index in [-0.39, 0.29) is 12.4 Å². The number of aromatic nitrogens is 1. The molecule has 1 nitrogen and oxygen atoms in total. The highest BCUT2D eigenvalue weighted by atomic mass is 35.5. The fraction of sp³-hybridized carbons (Fsp3) is 0.375. The van der Waals surface area contributed by atoms with Crippen LogP contribution in [0.15, 0.2) is 24.5 Å². The maximum atomic E-state index is 3.93. The second-order valence-electron chi connectivity index (χ2n) is 2.11. The highest BCUT2D eigenvalue weighted by molar-refractivity contribution is 5.85. The van der Waals surface area contributed by atoms with Gasteiger partial charge in [0.2, 0.25) is 0 Å². The Morgan fingerprint density at radius 1 is 1.30 bits per heavy atom. The SMILES string of the molecule is CCCc1ccncc1.Cl. The summed E-state index contributed by atoms with van der Waals surface area (Å²) >= 11 is 0. The van der Waals surface area contributed by atoms with Crippen LogP contribution in [-0.4, -0.2) is 4.98 Å². The first-order valence-corrected chi connectivity index (χ1v) is 3.32. The third-order valence-corrected chi connectivity index (χ3v) is 1.29. The van der Waals surface area contributed by atoms with Gasteiger partial charge in [0, 0.05) is 12.4 Å². The van der Waals surface area contributed by atoms with E-state index in [1.807, 2.05) is 12.4 Å². The Morgan fingerprint density at radius 3 is 2.40 bits per heavy atom. The molecule has 0 radical (unpaired) electrons. The number of halogens is 1. The summed E-state index contributed by atoms with van der Waals surface area (Å²) in [4.78, 5) is 3.93. The van der Waals surface area contributed by atoms with Gasteiger partial charge in [-0.2, -0.15) is 0 Å². The second-order valence-corrected chi connectivity index (χ2v) is 2.11. The summed E-state index contributed by atoms with van der Waals surface area (Å²) in [5.74, 6) is 0. The molecule has 0 aliphatic carbocycles. The van der Waals surface area contributed by atoms with Crippen molar-refractivity contribution >= 4 is 12.4 Å². The van der Waals surface area contributed by atoms with Crippen molar-refractivity contribution in [2.45, 2.75) is 19.8 Å². The Kier molecular flexibility index (Phi) is 4.95. The molecule has 0 aliphatic rings. The summed E-state index contributed by atoms with van der Waals surface area (Å²) in [6.45, 7) is 2.18. The van der Waals surface area contributed by atoms with Crippen LogP contribution >= 0.6 is 12.4 Å². The van der Waals surface area contributed by atoms with Gasteiger partial charge >= 0.3 is 0 Å². The minimum Gasteiger partial charge on any atom is -0.265 e. The van der Waals surface area contributed by atoms with Crippen molar-refractivity contribution < 1.29 is 0 Å². The lowest BCUT2D eigenvalue weighted by molar-refractivity contribution is 0.918. The molecule has 10 heavy (non-hydrogen) atoms. The first-order valence-electron chi connectivity index (χ1n) is 3.32. The molecule has 0 fully saturated rings. The molecule has 1 aromatic heterocycles. The Hall–Kier alpha value is -0.560. The number of hydrogen-bond acceptors (Lipinski definition) is 1. The van der Waals surface area contributed by atoms with E-state index >= 15 is 0 Å². The molecule has 1 aromatic rings. The average molecular weight is 158 g/mol. The van der Waals surface area contributed by atoms with Crippen LogP contribution < -0.4 is 0 Å². The summed E-state index contributed by atoms with van der Waals surface area (Å²) < 4.78 is 0. The van der Waals surface area contributed by atoms with Crippen LogP contribution in [0.5, 0.6) is 0 Å². The van der Waals surface area contributed by atoms with Crippen LogP contribution in [-0.2, 0) is 6.42 Å². The Balaban J connectivity index is 0.000000810. The van der Waals surface area contributed by atoms with Crippen LogP contribution in [0, 0.1) is 0 Å². The molecule has 0 aromatic carbocycles. The molecule has 56 valence electrons. The predicted molar refractivity (Wildman–Crippen MR) is 45.5 cm³/mol. The summed E-state index contributed by atoms with van der Waals surface area (Å²) in [5, 5.41) is 0. The predicted octanol–water partition coefficient (Wildman–Crippen LogP) is 2.46. The molecule has 2 heteroatoms. The van der Waals surface area contributed by atoms with E-state index in [0.717, 1.165) is 0 Å². The van der Waals surface area contributed by atoms with Gasteiger partial charge < -0.3 is 0 Å². The summed E-state index contributed by atoms with van der Waals surface area (Å²) in [6.07, 6.45) is 6.06. The molecule has 0 spiro atoms. The van der Waals surface area contributed by atoms with Crippen LogP contribution in [0.1, 0.15) is 18.9 Å². The van der Waals surface area contributed by atoms with Crippen molar-refractivity contribution in [3.05, 3.63) is 30.1 Å². The highest BCUT2D eigenvalue weighted by Crippen LogP contribution is 1.98. The molecule has 0 saturated carbocycles. The number of aryl methyl sites for hydroxylation is 1. The van der Waals surface area contributed by atoms with Crippen molar-refractivity contribution in [3.8, 4) is 0 Å². The minimum absolute atomic E-state index is 0. The lowest BCUT2D eigenvalue weighted by Gasteiger charge is -1.93. The van der Waals surface area contributed by atoms with E-state index in [1.54, 1.807) is 0 Å². The fourth-order valence-corrected chi connectivity index (χ4v) is 0.838. The van der Waals surface area contributed by atoms with Crippen LogP contribution in [0.25, 0.3) is 0 Å². The minimum atomic E-state index is 0. The van der Waals surface area contributed by atoms with Gasteiger partial charge in [-0.15, -0.1) is 12.4 Å². The Morgan fingerprint density at radius 2 is 1.90 bits per heavy atom. The molecular weight excluding hydrogens is 146 g/mol. The molecule has 0 unspecified atom stereocenters. The second kappa shape index (κ2) is 5.24. The molecular formula is C8H12ClN. The number of rotatable bonds is 2. The normalized spacial score (nSPS) is 8.50. The lowest BCUT2D eigenvalue weighted by atomic mass is 10.2. The van der Waals surface area contributed by atoms with Crippen molar-refractivity contribution in [2.24, 2.45) is 0 Å². The van der Waals surface area contributed by atoms with Gasteiger partial charge in [-0.25, -0.2) is 0 Å². The summed E-state index contributed by atoms with van der Waals surface area (Å²) in [5.41, 5.74) is 1.38. The summed E-state index contributed by atoms with van der Waals surface area (Å²) in [6, 6.07) is 4.12. The fourth-order valence-electron chi connectivity index (χ4n) is 0.838. The van der Waals surface area contributed by atoms with E-state index in [1.165, 1.54) is 18.4 Å². The van der Waals surface area contributed by atoms with Crippen molar-refractivity contribution in [2.75, 3.05) is 0 Å². The molecule has 0 aliphatic heterocycles. The number of pyridine rings is 1. The maximum Gasteiger partial charge on any atom is 0.0270 e. The highest BCUT2D eigenvalue weighted by Gasteiger charge is 1.85. The van der Waals surface area contributed by atoms with E-state index in [2.05, 4.69) is 24.0 Å². The maximum absolute atomic E-state index is 3.93. The Bertz CT molecular complexity index is 162. The topological polar surface area (TPSA) is 12.9 Å². The number of hydrogen-bond donors (Lipinski definition) is 0. The molecule has 1 heterocycles. The van der Waals surface area contributed by atoms with Crippen molar-refractivity contribution in [3.63, 3.8) is 0 Å². The molecule has 0 saturated heterocycles. The molecule has 0 N–H and O–H groups in total.